The molecule has 0 unspecified atom stereocenters. The topological polar surface area (TPSA) is 63.4 Å². The van der Waals surface area contributed by atoms with Gasteiger partial charge in [0.05, 0.1) is 4.90 Å². The van der Waals surface area contributed by atoms with Crippen LogP contribution in [0.25, 0.3) is 0 Å². The molecule has 0 saturated carbocycles. The maximum absolute atomic E-state index is 12.3. The van der Waals surface area contributed by atoms with Gasteiger partial charge in [-0.25, -0.2) is 8.42 Å². The summed E-state index contributed by atoms with van der Waals surface area (Å²) in [5.41, 5.74) is 6.75. The lowest BCUT2D eigenvalue weighted by Gasteiger charge is -2.16. The van der Waals surface area contributed by atoms with Gasteiger partial charge < -0.3 is 5.73 Å². The first-order chi connectivity index (χ1) is 7.91. The second-order valence-corrected chi connectivity index (χ2v) is 7.12. The lowest BCUT2D eigenvalue weighted by Crippen LogP contribution is -2.31. The van der Waals surface area contributed by atoms with Gasteiger partial charge in [-0.15, -0.1) is 0 Å². The van der Waals surface area contributed by atoms with Crippen molar-refractivity contribution in [3.05, 3.63) is 28.2 Å². The van der Waals surface area contributed by atoms with Gasteiger partial charge in [0.25, 0.3) is 0 Å². The third kappa shape index (κ3) is 2.54. The summed E-state index contributed by atoms with van der Waals surface area (Å²) in [4.78, 5) is 0.323. The molecule has 1 heterocycles. The highest BCUT2D eigenvalue weighted by atomic mass is 79.9. The molecule has 17 heavy (non-hydrogen) atoms. The van der Waals surface area contributed by atoms with Crippen LogP contribution >= 0.6 is 15.9 Å². The summed E-state index contributed by atoms with van der Waals surface area (Å²) in [5, 5.41) is 0. The Hall–Kier alpha value is -0.430. The Labute approximate surface area is 110 Å². The molecule has 2 N–H and O–H groups in total. The quantitative estimate of drug-likeness (QED) is 0.898. The van der Waals surface area contributed by atoms with Gasteiger partial charge in [-0.1, -0.05) is 22.0 Å². The zero-order valence-corrected chi connectivity index (χ0v) is 12.0. The monoisotopic (exact) mass is 318 g/mol. The molecule has 1 aromatic rings. The summed E-state index contributed by atoms with van der Waals surface area (Å²) in [6.45, 7) is 2.84. The summed E-state index contributed by atoms with van der Waals surface area (Å²) in [7, 11) is -3.39. The average molecular weight is 319 g/mol. The molecule has 1 fully saturated rings. The first-order valence-corrected chi connectivity index (χ1v) is 7.66. The summed E-state index contributed by atoms with van der Waals surface area (Å²) >= 11 is 3.35. The number of sulfonamides is 1. The van der Waals surface area contributed by atoms with E-state index in [1.54, 1.807) is 18.2 Å². The molecular weight excluding hydrogens is 304 g/mol. The minimum absolute atomic E-state index is 0.0429. The van der Waals surface area contributed by atoms with Crippen LogP contribution in [0.3, 0.4) is 0 Å². The largest absolute Gasteiger partial charge is 0.326 e. The van der Waals surface area contributed by atoms with Crippen molar-refractivity contribution >= 4 is 26.0 Å². The number of hydrogen-bond donors (Lipinski definition) is 1. The van der Waals surface area contributed by atoms with Crippen LogP contribution in [-0.2, 0) is 10.0 Å². The Morgan fingerprint density at radius 3 is 2.71 bits per heavy atom. The van der Waals surface area contributed by atoms with E-state index in [0.717, 1.165) is 16.5 Å². The summed E-state index contributed by atoms with van der Waals surface area (Å²) in [6, 6.07) is 5.04. The van der Waals surface area contributed by atoms with Gasteiger partial charge in [-0.3, -0.25) is 0 Å². The zero-order valence-electron chi connectivity index (χ0n) is 9.56. The smallest absolute Gasteiger partial charge is 0.243 e. The fraction of sp³-hybridized carbons (Fsp3) is 0.455. The van der Waals surface area contributed by atoms with E-state index in [1.165, 1.54) is 4.31 Å². The fourth-order valence-corrected chi connectivity index (χ4v) is 3.92. The van der Waals surface area contributed by atoms with Gasteiger partial charge in [0.1, 0.15) is 0 Å². The zero-order chi connectivity index (χ0) is 12.6. The predicted molar refractivity (Wildman–Crippen MR) is 70.2 cm³/mol. The van der Waals surface area contributed by atoms with E-state index in [2.05, 4.69) is 15.9 Å². The summed E-state index contributed by atoms with van der Waals surface area (Å²) in [5.74, 6) is 0. The number of nitrogens with zero attached hydrogens (tertiary/aromatic N) is 1. The molecule has 1 aliphatic heterocycles. The van der Waals surface area contributed by atoms with Crippen LogP contribution in [0.4, 0.5) is 0 Å². The van der Waals surface area contributed by atoms with Crippen LogP contribution in [0.5, 0.6) is 0 Å². The average Bonchev–Trinajstić information content (AvgIpc) is 2.69. The molecule has 6 heteroatoms. The normalized spacial score (nSPS) is 21.9. The van der Waals surface area contributed by atoms with Crippen LogP contribution in [0, 0.1) is 6.92 Å². The molecule has 1 saturated heterocycles. The number of aryl methyl sites for hydroxylation is 1. The Kier molecular flexibility index (Phi) is 3.58. The fourth-order valence-electron chi connectivity index (χ4n) is 1.86. The molecule has 4 nitrogen and oxygen atoms in total. The number of nitrogens with two attached hydrogens (primary N) is 1. The third-order valence-corrected chi connectivity index (χ3v) is 5.68. The maximum atomic E-state index is 12.3. The van der Waals surface area contributed by atoms with Crippen molar-refractivity contribution in [1.29, 1.82) is 0 Å². The van der Waals surface area contributed by atoms with Gasteiger partial charge in [-0.05, 0) is 31.0 Å². The molecule has 1 aromatic carbocycles. The van der Waals surface area contributed by atoms with E-state index in [9.17, 15) is 8.42 Å². The van der Waals surface area contributed by atoms with Gasteiger partial charge in [-0.2, -0.15) is 4.31 Å². The number of halogens is 1. The van der Waals surface area contributed by atoms with Crippen molar-refractivity contribution in [1.82, 2.24) is 4.31 Å². The Bertz CT molecular complexity index is 530. The molecule has 2 rings (SSSR count). The molecule has 0 aromatic heterocycles. The highest BCUT2D eigenvalue weighted by Gasteiger charge is 2.30. The van der Waals surface area contributed by atoms with E-state index in [4.69, 9.17) is 5.73 Å². The lowest BCUT2D eigenvalue weighted by molar-refractivity contribution is 0.472. The predicted octanol–water partition coefficient (Wildman–Crippen LogP) is 1.48. The molecule has 1 atom stereocenters. The second kappa shape index (κ2) is 4.68. The van der Waals surface area contributed by atoms with Crippen molar-refractivity contribution in [3.8, 4) is 0 Å². The summed E-state index contributed by atoms with van der Waals surface area (Å²) < 4.78 is 26.8. The van der Waals surface area contributed by atoms with Crippen LogP contribution in [0.15, 0.2) is 27.6 Å². The molecule has 1 aliphatic rings. The van der Waals surface area contributed by atoms with Crippen molar-refractivity contribution < 1.29 is 8.42 Å². The SMILES string of the molecule is Cc1ccc(S(=O)(=O)N2CC[C@@H](N)C2)cc1Br. The Morgan fingerprint density at radius 1 is 1.47 bits per heavy atom. The van der Waals surface area contributed by atoms with E-state index >= 15 is 0 Å². The van der Waals surface area contributed by atoms with E-state index in [0.29, 0.717) is 18.0 Å². The minimum Gasteiger partial charge on any atom is -0.326 e. The third-order valence-electron chi connectivity index (χ3n) is 2.97. The van der Waals surface area contributed by atoms with E-state index in [-0.39, 0.29) is 6.04 Å². The molecule has 0 bridgehead atoms. The maximum Gasteiger partial charge on any atom is 0.243 e. The van der Waals surface area contributed by atoms with Gasteiger partial charge in [0.2, 0.25) is 10.0 Å². The van der Waals surface area contributed by atoms with Crippen molar-refractivity contribution in [3.63, 3.8) is 0 Å². The van der Waals surface area contributed by atoms with Crippen molar-refractivity contribution in [2.45, 2.75) is 24.3 Å². The van der Waals surface area contributed by atoms with Crippen molar-refractivity contribution in [2.75, 3.05) is 13.1 Å². The van der Waals surface area contributed by atoms with Crippen LogP contribution in [-0.4, -0.2) is 31.9 Å². The molecule has 0 spiro atoms. The molecule has 0 aliphatic carbocycles. The Balaban J connectivity index is 2.35. The molecule has 0 amide bonds. The van der Waals surface area contributed by atoms with Crippen LogP contribution < -0.4 is 5.73 Å². The first kappa shape index (κ1) is 13.0. The standard InChI is InChI=1S/C11H15BrN2O2S/c1-8-2-3-10(6-11(8)12)17(15,16)14-5-4-9(13)7-14/h2-3,6,9H,4-5,7,13H2,1H3/t9-/m1/s1. The van der Waals surface area contributed by atoms with Gasteiger partial charge in [0, 0.05) is 23.6 Å². The van der Waals surface area contributed by atoms with Crippen molar-refractivity contribution in [2.24, 2.45) is 5.73 Å². The summed E-state index contributed by atoms with van der Waals surface area (Å²) in [6.07, 6.45) is 0.728. The first-order valence-electron chi connectivity index (χ1n) is 5.43. The number of hydrogen-bond acceptors (Lipinski definition) is 3. The second-order valence-electron chi connectivity index (χ2n) is 4.32. The van der Waals surface area contributed by atoms with Crippen LogP contribution in [0.2, 0.25) is 0 Å². The number of rotatable bonds is 2. The Morgan fingerprint density at radius 2 is 2.18 bits per heavy atom. The van der Waals surface area contributed by atoms with E-state index < -0.39 is 10.0 Å². The lowest BCUT2D eigenvalue weighted by atomic mass is 10.2. The molecule has 94 valence electrons. The van der Waals surface area contributed by atoms with Gasteiger partial charge >= 0.3 is 0 Å². The minimum atomic E-state index is -3.39. The van der Waals surface area contributed by atoms with Crippen LogP contribution in [0.1, 0.15) is 12.0 Å². The molecule has 0 radical (unpaired) electrons. The van der Waals surface area contributed by atoms with Gasteiger partial charge in [0.15, 0.2) is 0 Å². The number of benzene rings is 1. The highest BCUT2D eigenvalue weighted by Crippen LogP contribution is 2.25. The van der Waals surface area contributed by atoms with E-state index in [1.807, 2.05) is 6.92 Å². The molecular formula is C11H15BrN2O2S. The highest BCUT2D eigenvalue weighted by molar-refractivity contribution is 9.10.